The number of hydrogen-bond donors (Lipinski definition) is 0. The van der Waals surface area contributed by atoms with Crippen molar-refractivity contribution in [3.63, 3.8) is 0 Å². The lowest BCUT2D eigenvalue weighted by Gasteiger charge is -2.19. The number of carbonyl (C=O) groups excluding carboxylic acids is 2. The van der Waals surface area contributed by atoms with Crippen LogP contribution in [-0.4, -0.2) is 24.0 Å². The summed E-state index contributed by atoms with van der Waals surface area (Å²) >= 11 is 6.30. The van der Waals surface area contributed by atoms with Crippen LogP contribution in [0.4, 0.5) is 0 Å². The van der Waals surface area contributed by atoms with E-state index in [1.165, 1.54) is 19.6 Å². The lowest BCUT2D eigenvalue weighted by molar-refractivity contribution is -0.147. The fraction of sp³-hybridized carbons (Fsp3) is 0.350. The van der Waals surface area contributed by atoms with E-state index in [-0.39, 0.29) is 10.7 Å². The van der Waals surface area contributed by atoms with E-state index in [1.807, 2.05) is 18.2 Å². The number of hydrogen-bond acceptors (Lipinski definition) is 5. The van der Waals surface area contributed by atoms with Gasteiger partial charge in [-0.3, -0.25) is 4.79 Å². The smallest absolute Gasteiger partial charge is 0.337 e. The zero-order valence-electron chi connectivity index (χ0n) is 15.2. The number of aromatic nitrogens is 1. The van der Waals surface area contributed by atoms with Crippen LogP contribution in [0.3, 0.4) is 0 Å². The topological polar surface area (TPSA) is 65.5 Å². The maximum Gasteiger partial charge on any atom is 0.337 e. The molecule has 0 aliphatic carbocycles. The highest BCUT2D eigenvalue weighted by Gasteiger charge is 2.27. The maximum atomic E-state index is 11.9. The number of halogens is 1. The molecule has 6 heteroatoms. The third-order valence-corrected chi connectivity index (χ3v) is 4.31. The molecular weight excluding hydrogens is 354 g/mol. The Labute approximate surface area is 158 Å². The van der Waals surface area contributed by atoms with E-state index in [0.717, 1.165) is 30.2 Å². The van der Waals surface area contributed by atoms with Gasteiger partial charge >= 0.3 is 11.9 Å². The van der Waals surface area contributed by atoms with Crippen molar-refractivity contribution < 1.29 is 19.1 Å². The van der Waals surface area contributed by atoms with Crippen molar-refractivity contribution >= 4 is 34.4 Å². The zero-order chi connectivity index (χ0) is 19.3. The molecule has 2 aromatic rings. The molecule has 26 heavy (non-hydrogen) atoms. The van der Waals surface area contributed by atoms with Crippen LogP contribution in [0.2, 0.25) is 5.15 Å². The van der Waals surface area contributed by atoms with Crippen molar-refractivity contribution in [2.45, 2.75) is 39.2 Å². The summed E-state index contributed by atoms with van der Waals surface area (Å²) in [5, 5.41) is 1.00. The number of ether oxygens (including phenoxy) is 2. The van der Waals surface area contributed by atoms with Crippen LogP contribution in [0.25, 0.3) is 10.9 Å². The second-order valence-corrected chi connectivity index (χ2v) is 6.36. The first-order chi connectivity index (χ1) is 12.4. The minimum atomic E-state index is -1.05. The predicted octanol–water partition coefficient (Wildman–Crippen LogP) is 4.56. The van der Waals surface area contributed by atoms with E-state index >= 15 is 0 Å². The number of methoxy groups -OCH3 is 1. The van der Waals surface area contributed by atoms with Crippen LogP contribution in [0.1, 0.15) is 43.9 Å². The first kappa shape index (κ1) is 19.9. The van der Waals surface area contributed by atoms with Gasteiger partial charge in [-0.15, -0.1) is 0 Å². The first-order valence-corrected chi connectivity index (χ1v) is 8.78. The summed E-state index contributed by atoms with van der Waals surface area (Å²) in [7, 11) is 1.23. The van der Waals surface area contributed by atoms with Gasteiger partial charge in [0.25, 0.3) is 0 Å². The highest BCUT2D eigenvalue weighted by molar-refractivity contribution is 6.30. The van der Waals surface area contributed by atoms with Gasteiger partial charge in [0.2, 0.25) is 0 Å². The minimum absolute atomic E-state index is 0.0205. The molecule has 1 aromatic carbocycles. The third-order valence-electron chi connectivity index (χ3n) is 4.01. The summed E-state index contributed by atoms with van der Waals surface area (Å²) in [5.41, 5.74) is 2.29. The summed E-state index contributed by atoms with van der Waals surface area (Å²) in [4.78, 5) is 27.8. The van der Waals surface area contributed by atoms with E-state index in [4.69, 9.17) is 21.1 Å². The van der Waals surface area contributed by atoms with Crippen LogP contribution < -0.4 is 0 Å². The summed E-state index contributed by atoms with van der Waals surface area (Å²) in [6, 6.07) is 7.75. The van der Waals surface area contributed by atoms with Gasteiger partial charge in [0, 0.05) is 17.9 Å². The molecule has 0 aliphatic heterocycles. The molecule has 1 unspecified atom stereocenters. The Kier molecular flexibility index (Phi) is 6.75. The Morgan fingerprint density at radius 1 is 1.31 bits per heavy atom. The number of unbranched alkanes of at least 4 members (excludes halogenated alkanes) is 1. The van der Waals surface area contributed by atoms with E-state index < -0.39 is 18.0 Å². The van der Waals surface area contributed by atoms with Crippen molar-refractivity contribution in [3.05, 3.63) is 52.7 Å². The number of pyridine rings is 1. The summed E-state index contributed by atoms with van der Waals surface area (Å²) in [6.45, 7) is 7.09. The molecule has 0 saturated heterocycles. The molecule has 0 spiro atoms. The van der Waals surface area contributed by atoms with E-state index in [0.29, 0.717) is 5.56 Å². The van der Waals surface area contributed by atoms with Crippen LogP contribution in [0, 0.1) is 0 Å². The number of nitrogens with zero attached hydrogens (tertiary/aromatic N) is 1. The highest BCUT2D eigenvalue weighted by Crippen LogP contribution is 2.33. The van der Waals surface area contributed by atoms with E-state index in [9.17, 15) is 9.59 Å². The van der Waals surface area contributed by atoms with Crippen LogP contribution in [-0.2, 0) is 25.5 Å². The Hall–Kier alpha value is -2.40. The summed E-state index contributed by atoms with van der Waals surface area (Å²) in [6.07, 6.45) is 2.11. The zero-order valence-corrected chi connectivity index (χ0v) is 15.9. The Balaban J connectivity index is 2.52. The standard InChI is InChI=1S/C20H22ClNO4/c1-5-6-7-14-8-9-17-15(10-14)11-16(19(21)22-17)18(26-13(3)23)12(2)20(24)25-4/h8-11,18H,2,5-7H2,1,3-4H3. The normalized spacial score (nSPS) is 11.8. The second kappa shape index (κ2) is 8.81. The molecule has 0 saturated carbocycles. The third kappa shape index (κ3) is 4.61. The predicted molar refractivity (Wildman–Crippen MR) is 101 cm³/mol. The van der Waals surface area contributed by atoms with Gasteiger partial charge in [0.1, 0.15) is 5.15 Å². The molecule has 2 rings (SSSR count). The van der Waals surface area contributed by atoms with Crippen LogP contribution in [0.5, 0.6) is 0 Å². The molecule has 5 nitrogen and oxygen atoms in total. The number of esters is 2. The lowest BCUT2D eigenvalue weighted by atomic mass is 10.0. The number of aryl methyl sites for hydroxylation is 1. The van der Waals surface area contributed by atoms with Gasteiger partial charge < -0.3 is 9.47 Å². The van der Waals surface area contributed by atoms with Crippen LogP contribution >= 0.6 is 11.6 Å². The molecular formula is C20H22ClNO4. The van der Waals surface area contributed by atoms with Gasteiger partial charge in [-0.2, -0.15) is 0 Å². The maximum absolute atomic E-state index is 11.9. The average Bonchev–Trinajstić information content (AvgIpc) is 2.62. The van der Waals surface area contributed by atoms with Crippen LogP contribution in [0.15, 0.2) is 36.4 Å². The molecule has 0 fully saturated rings. The molecule has 1 atom stereocenters. The minimum Gasteiger partial charge on any atom is -0.466 e. The average molecular weight is 376 g/mol. The molecule has 0 aliphatic rings. The molecule has 138 valence electrons. The molecule has 1 aromatic heterocycles. The largest absolute Gasteiger partial charge is 0.466 e. The molecule has 0 N–H and O–H groups in total. The van der Waals surface area contributed by atoms with Gasteiger partial charge in [0.05, 0.1) is 18.2 Å². The lowest BCUT2D eigenvalue weighted by Crippen LogP contribution is -2.18. The first-order valence-electron chi connectivity index (χ1n) is 8.40. The second-order valence-electron chi connectivity index (χ2n) is 6.01. The summed E-state index contributed by atoms with van der Waals surface area (Å²) < 4.78 is 9.98. The molecule has 1 heterocycles. The SMILES string of the molecule is C=C(C(=O)OC)C(OC(C)=O)c1cc2cc(CCCC)ccc2nc1Cl. The van der Waals surface area contributed by atoms with Gasteiger partial charge in [-0.25, -0.2) is 9.78 Å². The Bertz CT molecular complexity index is 847. The fourth-order valence-electron chi connectivity index (χ4n) is 2.67. The number of carbonyl (C=O) groups is 2. The van der Waals surface area contributed by atoms with E-state index in [2.05, 4.69) is 18.5 Å². The Morgan fingerprint density at radius 2 is 2.04 bits per heavy atom. The van der Waals surface area contributed by atoms with Crippen molar-refractivity contribution in [1.82, 2.24) is 4.98 Å². The number of rotatable bonds is 7. The molecule has 0 radical (unpaired) electrons. The molecule has 0 amide bonds. The number of fused-ring (bicyclic) bond motifs is 1. The summed E-state index contributed by atoms with van der Waals surface area (Å²) in [5.74, 6) is -1.24. The Morgan fingerprint density at radius 3 is 2.65 bits per heavy atom. The quantitative estimate of drug-likeness (QED) is 0.403. The monoisotopic (exact) mass is 375 g/mol. The van der Waals surface area contributed by atoms with Crippen molar-refractivity contribution in [1.29, 1.82) is 0 Å². The van der Waals surface area contributed by atoms with Gasteiger partial charge in [-0.05, 0) is 36.6 Å². The van der Waals surface area contributed by atoms with Crippen molar-refractivity contribution in [3.8, 4) is 0 Å². The van der Waals surface area contributed by atoms with Crippen molar-refractivity contribution in [2.75, 3.05) is 7.11 Å². The fourth-order valence-corrected chi connectivity index (χ4v) is 2.91. The number of benzene rings is 1. The highest BCUT2D eigenvalue weighted by atomic mass is 35.5. The van der Waals surface area contributed by atoms with Gasteiger partial charge in [0.15, 0.2) is 6.10 Å². The van der Waals surface area contributed by atoms with Crippen molar-refractivity contribution in [2.24, 2.45) is 0 Å². The van der Waals surface area contributed by atoms with E-state index in [1.54, 1.807) is 6.07 Å². The molecule has 0 bridgehead atoms. The van der Waals surface area contributed by atoms with Gasteiger partial charge in [-0.1, -0.05) is 37.6 Å².